The van der Waals surface area contributed by atoms with Gasteiger partial charge in [0.15, 0.2) is 0 Å². The lowest BCUT2D eigenvalue weighted by Gasteiger charge is -2.29. The van der Waals surface area contributed by atoms with Gasteiger partial charge in [0.2, 0.25) is 0 Å². The van der Waals surface area contributed by atoms with Crippen molar-refractivity contribution in [1.82, 2.24) is 9.55 Å². The minimum atomic E-state index is -0.0796. The van der Waals surface area contributed by atoms with E-state index in [0.717, 1.165) is 30.6 Å². The number of fused-ring (bicyclic) bond motifs is 2. The fourth-order valence-electron chi connectivity index (χ4n) is 3.72. The molecule has 1 aliphatic heterocycles. The molecular weight excluding hydrogens is 326 g/mol. The zero-order chi connectivity index (χ0) is 18.3. The van der Waals surface area contributed by atoms with Crippen molar-refractivity contribution in [2.24, 2.45) is 0 Å². The van der Waals surface area contributed by atoms with Gasteiger partial charge in [0.25, 0.3) is 11.5 Å². The molecule has 4 rings (SSSR count). The first-order valence-corrected chi connectivity index (χ1v) is 9.01. The van der Waals surface area contributed by atoms with Crippen molar-refractivity contribution in [2.45, 2.75) is 33.2 Å². The molecule has 1 aromatic heterocycles. The number of aryl methyl sites for hydroxylation is 3. The van der Waals surface area contributed by atoms with E-state index < -0.39 is 0 Å². The summed E-state index contributed by atoms with van der Waals surface area (Å²) in [6.45, 7) is 4.94. The average Bonchev–Trinajstić information content (AvgIpc) is 2.67. The van der Waals surface area contributed by atoms with Gasteiger partial charge in [-0.3, -0.25) is 9.59 Å². The van der Waals surface area contributed by atoms with E-state index in [2.05, 4.69) is 11.1 Å². The van der Waals surface area contributed by atoms with Crippen LogP contribution in [-0.2, 0) is 13.0 Å². The van der Waals surface area contributed by atoms with Gasteiger partial charge < -0.3 is 9.47 Å². The number of amides is 1. The lowest BCUT2D eigenvalue weighted by Crippen LogP contribution is -2.35. The molecule has 26 heavy (non-hydrogen) atoms. The molecule has 5 heteroatoms. The largest absolute Gasteiger partial charge is 0.308 e. The zero-order valence-electron chi connectivity index (χ0n) is 15.0. The third kappa shape index (κ3) is 2.60. The van der Waals surface area contributed by atoms with Crippen LogP contribution in [0.4, 0.5) is 5.69 Å². The van der Waals surface area contributed by atoms with Gasteiger partial charge in [0, 0.05) is 24.3 Å². The molecular formula is C21H21N3O2. The highest BCUT2D eigenvalue weighted by Crippen LogP contribution is 2.28. The number of carbonyl (C=O) groups excluding carboxylic acids is 1. The van der Waals surface area contributed by atoms with E-state index in [1.54, 1.807) is 23.6 Å². The third-order valence-corrected chi connectivity index (χ3v) is 5.03. The van der Waals surface area contributed by atoms with E-state index in [-0.39, 0.29) is 11.5 Å². The second kappa shape index (κ2) is 6.41. The molecule has 0 aliphatic carbocycles. The monoisotopic (exact) mass is 347 g/mol. The molecule has 2 heterocycles. The van der Waals surface area contributed by atoms with E-state index in [1.807, 2.05) is 36.1 Å². The summed E-state index contributed by atoms with van der Waals surface area (Å²) in [7, 11) is 0. The summed E-state index contributed by atoms with van der Waals surface area (Å²) >= 11 is 0. The Morgan fingerprint density at radius 1 is 1.19 bits per heavy atom. The normalized spacial score (nSPS) is 13.7. The second-order valence-corrected chi connectivity index (χ2v) is 6.64. The van der Waals surface area contributed by atoms with Gasteiger partial charge in [-0.15, -0.1) is 0 Å². The summed E-state index contributed by atoms with van der Waals surface area (Å²) < 4.78 is 1.70. The van der Waals surface area contributed by atoms with E-state index in [0.29, 0.717) is 23.3 Å². The first kappa shape index (κ1) is 16.5. The molecule has 0 radical (unpaired) electrons. The summed E-state index contributed by atoms with van der Waals surface area (Å²) in [6.07, 6.45) is 1.96. The molecule has 2 aromatic carbocycles. The van der Waals surface area contributed by atoms with Gasteiger partial charge in [-0.2, -0.15) is 0 Å². The van der Waals surface area contributed by atoms with Crippen LogP contribution in [0, 0.1) is 6.92 Å². The number of benzene rings is 2. The van der Waals surface area contributed by atoms with Crippen molar-refractivity contribution >= 4 is 22.6 Å². The summed E-state index contributed by atoms with van der Waals surface area (Å²) in [4.78, 5) is 31.6. The Labute approximate surface area is 151 Å². The Morgan fingerprint density at radius 3 is 2.81 bits per heavy atom. The van der Waals surface area contributed by atoms with Crippen molar-refractivity contribution in [2.75, 3.05) is 11.4 Å². The average molecular weight is 347 g/mol. The van der Waals surface area contributed by atoms with E-state index in [1.165, 1.54) is 5.56 Å². The lowest BCUT2D eigenvalue weighted by atomic mass is 10.0. The van der Waals surface area contributed by atoms with Crippen molar-refractivity contribution in [1.29, 1.82) is 0 Å². The van der Waals surface area contributed by atoms with E-state index >= 15 is 0 Å². The number of hydrogen-bond donors (Lipinski definition) is 0. The molecule has 0 N–H and O–H groups in total. The van der Waals surface area contributed by atoms with Crippen LogP contribution in [0.2, 0.25) is 0 Å². The highest BCUT2D eigenvalue weighted by Gasteiger charge is 2.23. The van der Waals surface area contributed by atoms with Gasteiger partial charge >= 0.3 is 0 Å². The van der Waals surface area contributed by atoms with Crippen LogP contribution in [0.3, 0.4) is 0 Å². The van der Waals surface area contributed by atoms with E-state index in [4.69, 9.17) is 0 Å². The van der Waals surface area contributed by atoms with Crippen LogP contribution < -0.4 is 10.5 Å². The number of carbonyl (C=O) groups is 1. The maximum absolute atomic E-state index is 13.1. The van der Waals surface area contributed by atoms with Crippen molar-refractivity contribution in [3.63, 3.8) is 0 Å². The number of nitrogens with zero attached hydrogens (tertiary/aromatic N) is 3. The smallest absolute Gasteiger partial charge is 0.272 e. The molecule has 0 atom stereocenters. The van der Waals surface area contributed by atoms with Crippen molar-refractivity contribution < 1.29 is 4.79 Å². The molecule has 0 spiro atoms. The highest BCUT2D eigenvalue weighted by atomic mass is 16.2. The summed E-state index contributed by atoms with van der Waals surface area (Å²) in [5, 5.41) is 0. The van der Waals surface area contributed by atoms with Crippen molar-refractivity contribution in [3.05, 3.63) is 69.6 Å². The number of aromatic nitrogens is 2. The minimum absolute atomic E-state index is 0.0206. The molecule has 0 saturated carbocycles. The molecule has 0 fully saturated rings. The summed E-state index contributed by atoms with van der Waals surface area (Å²) in [6, 6.07) is 13.5. The molecule has 0 bridgehead atoms. The summed E-state index contributed by atoms with van der Waals surface area (Å²) in [5.74, 6) is -0.0206. The van der Waals surface area contributed by atoms with Gasteiger partial charge in [-0.25, -0.2) is 4.98 Å². The number of anilines is 1. The summed E-state index contributed by atoms with van der Waals surface area (Å²) in [5.41, 5.74) is 4.62. The van der Waals surface area contributed by atoms with Crippen LogP contribution in [0.1, 0.15) is 35.0 Å². The van der Waals surface area contributed by atoms with Crippen molar-refractivity contribution in [3.8, 4) is 0 Å². The maximum Gasteiger partial charge on any atom is 0.272 e. The Balaban J connectivity index is 1.79. The Kier molecular flexibility index (Phi) is 4.07. The molecule has 1 aliphatic rings. The lowest BCUT2D eigenvalue weighted by molar-refractivity contribution is 0.0985. The number of hydrogen-bond acceptors (Lipinski definition) is 3. The molecule has 0 saturated heterocycles. The van der Waals surface area contributed by atoms with E-state index in [9.17, 15) is 9.59 Å². The predicted molar refractivity (Wildman–Crippen MR) is 103 cm³/mol. The first-order chi connectivity index (χ1) is 12.6. The van der Waals surface area contributed by atoms with Gasteiger partial charge in [0.1, 0.15) is 5.69 Å². The fraction of sp³-hybridized carbons (Fsp3) is 0.286. The van der Waals surface area contributed by atoms with Gasteiger partial charge in [0.05, 0.1) is 11.0 Å². The topological polar surface area (TPSA) is 55.2 Å². The van der Waals surface area contributed by atoms with Gasteiger partial charge in [-0.1, -0.05) is 18.2 Å². The third-order valence-electron chi connectivity index (χ3n) is 5.03. The molecule has 1 amide bonds. The Morgan fingerprint density at radius 2 is 2.00 bits per heavy atom. The first-order valence-electron chi connectivity index (χ1n) is 9.01. The van der Waals surface area contributed by atoms with Gasteiger partial charge in [-0.05, 0) is 56.5 Å². The van der Waals surface area contributed by atoms with Crippen LogP contribution in [0.25, 0.3) is 11.0 Å². The van der Waals surface area contributed by atoms with Crippen LogP contribution >= 0.6 is 0 Å². The quantitative estimate of drug-likeness (QED) is 0.715. The maximum atomic E-state index is 13.1. The Bertz CT molecular complexity index is 1070. The predicted octanol–water partition coefficient (Wildman–Crippen LogP) is 3.32. The molecule has 132 valence electrons. The molecule has 5 nitrogen and oxygen atoms in total. The zero-order valence-corrected chi connectivity index (χ0v) is 15.0. The van der Waals surface area contributed by atoms with Crippen LogP contribution in [-0.4, -0.2) is 22.0 Å². The highest BCUT2D eigenvalue weighted by molar-refractivity contribution is 6.08. The van der Waals surface area contributed by atoms with Crippen LogP contribution in [0.5, 0.6) is 0 Å². The van der Waals surface area contributed by atoms with Crippen LogP contribution in [0.15, 0.2) is 47.3 Å². The standard InChI is InChI=1S/C21H21N3O2/c1-3-23-19-11-10-16(13-17(19)22-14(2)20(23)25)21(26)24-12-6-8-15-7-4-5-9-18(15)24/h4-5,7,9-11,13H,3,6,8,12H2,1-2H3. The SMILES string of the molecule is CCn1c(=O)c(C)nc2cc(C(=O)N3CCCc4ccccc43)ccc21. The molecule has 0 unspecified atom stereocenters. The fourth-order valence-corrected chi connectivity index (χ4v) is 3.72. The Hall–Kier alpha value is -2.95. The second-order valence-electron chi connectivity index (χ2n) is 6.64. The minimum Gasteiger partial charge on any atom is -0.308 e. The number of para-hydroxylation sites is 1. The molecule has 3 aromatic rings. The number of rotatable bonds is 2.